The van der Waals surface area contributed by atoms with E-state index in [2.05, 4.69) is 56.2 Å². The Kier molecular flexibility index (Phi) is 7.66. The molecule has 0 radical (unpaired) electrons. The van der Waals surface area contributed by atoms with Crippen LogP contribution in [-0.4, -0.2) is 40.9 Å². The van der Waals surface area contributed by atoms with Crippen LogP contribution in [0.3, 0.4) is 0 Å². The SMILES string of the molecule is CN=C(NCCCCn1cnnc1)NCCCc1ccccc1. The Morgan fingerprint density at radius 2 is 1.70 bits per heavy atom. The van der Waals surface area contributed by atoms with E-state index in [1.807, 2.05) is 11.6 Å². The third kappa shape index (κ3) is 6.95. The highest BCUT2D eigenvalue weighted by atomic mass is 15.2. The van der Waals surface area contributed by atoms with Crippen molar-refractivity contribution in [3.63, 3.8) is 0 Å². The van der Waals surface area contributed by atoms with E-state index in [1.165, 1.54) is 5.56 Å². The summed E-state index contributed by atoms with van der Waals surface area (Å²) in [5.41, 5.74) is 1.38. The minimum absolute atomic E-state index is 0.877. The van der Waals surface area contributed by atoms with Crippen molar-refractivity contribution in [1.82, 2.24) is 25.4 Å². The van der Waals surface area contributed by atoms with Crippen LogP contribution in [-0.2, 0) is 13.0 Å². The average molecular weight is 314 g/mol. The summed E-state index contributed by atoms with van der Waals surface area (Å²) in [6.45, 7) is 2.80. The summed E-state index contributed by atoms with van der Waals surface area (Å²) in [4.78, 5) is 4.25. The van der Waals surface area contributed by atoms with Crippen LogP contribution in [0.15, 0.2) is 48.0 Å². The van der Waals surface area contributed by atoms with Crippen molar-refractivity contribution in [2.24, 2.45) is 4.99 Å². The molecular weight excluding hydrogens is 288 g/mol. The number of hydrogen-bond donors (Lipinski definition) is 2. The minimum atomic E-state index is 0.877. The van der Waals surface area contributed by atoms with E-state index in [0.717, 1.165) is 51.3 Å². The van der Waals surface area contributed by atoms with Crippen molar-refractivity contribution in [1.29, 1.82) is 0 Å². The van der Waals surface area contributed by atoms with Crippen LogP contribution in [0.4, 0.5) is 0 Å². The smallest absolute Gasteiger partial charge is 0.190 e. The second kappa shape index (κ2) is 10.4. The Morgan fingerprint density at radius 1 is 1.00 bits per heavy atom. The van der Waals surface area contributed by atoms with Gasteiger partial charge in [-0.3, -0.25) is 4.99 Å². The van der Waals surface area contributed by atoms with Gasteiger partial charge >= 0.3 is 0 Å². The summed E-state index contributed by atoms with van der Waals surface area (Å²) in [5.74, 6) is 0.877. The summed E-state index contributed by atoms with van der Waals surface area (Å²) < 4.78 is 2.00. The standard InChI is InChI=1S/C17H26N6/c1-18-17(19-11-5-6-13-23-14-21-22-15-23)20-12-7-10-16-8-3-2-4-9-16/h2-4,8-9,14-15H,5-7,10-13H2,1H3,(H2,18,19,20). The van der Waals surface area contributed by atoms with Crippen LogP contribution >= 0.6 is 0 Å². The molecule has 124 valence electrons. The molecule has 0 saturated heterocycles. The van der Waals surface area contributed by atoms with Crippen LogP contribution < -0.4 is 10.6 Å². The van der Waals surface area contributed by atoms with Gasteiger partial charge in [0.2, 0.25) is 0 Å². The molecule has 0 aliphatic carbocycles. The number of benzene rings is 1. The lowest BCUT2D eigenvalue weighted by Crippen LogP contribution is -2.38. The highest BCUT2D eigenvalue weighted by Gasteiger charge is 1.98. The molecule has 0 aliphatic heterocycles. The number of unbranched alkanes of at least 4 members (excludes halogenated alkanes) is 1. The predicted octanol–water partition coefficient (Wildman–Crippen LogP) is 1.86. The first kappa shape index (κ1) is 17.0. The Morgan fingerprint density at radius 3 is 2.39 bits per heavy atom. The zero-order valence-electron chi connectivity index (χ0n) is 13.8. The molecule has 1 aromatic carbocycles. The summed E-state index contributed by atoms with van der Waals surface area (Å²) in [6.07, 6.45) is 7.86. The molecule has 0 unspecified atom stereocenters. The van der Waals surface area contributed by atoms with Crippen LogP contribution in [0.5, 0.6) is 0 Å². The molecule has 6 heteroatoms. The monoisotopic (exact) mass is 314 g/mol. The normalized spacial score (nSPS) is 11.4. The first-order chi connectivity index (χ1) is 11.4. The number of hydrogen-bond acceptors (Lipinski definition) is 3. The summed E-state index contributed by atoms with van der Waals surface area (Å²) >= 11 is 0. The lowest BCUT2D eigenvalue weighted by molar-refractivity contribution is 0.597. The lowest BCUT2D eigenvalue weighted by Gasteiger charge is -2.11. The van der Waals surface area contributed by atoms with E-state index in [0.29, 0.717) is 0 Å². The van der Waals surface area contributed by atoms with Gasteiger partial charge in [-0.05, 0) is 31.2 Å². The third-order valence-electron chi connectivity index (χ3n) is 3.60. The molecule has 0 spiro atoms. The highest BCUT2D eigenvalue weighted by molar-refractivity contribution is 5.79. The molecule has 1 heterocycles. The Bertz CT molecular complexity index is 550. The van der Waals surface area contributed by atoms with Crippen molar-refractivity contribution in [2.75, 3.05) is 20.1 Å². The quantitative estimate of drug-likeness (QED) is 0.421. The van der Waals surface area contributed by atoms with Gasteiger partial charge in [-0.2, -0.15) is 0 Å². The van der Waals surface area contributed by atoms with Gasteiger partial charge in [-0.25, -0.2) is 0 Å². The number of nitrogens with zero attached hydrogens (tertiary/aromatic N) is 4. The maximum absolute atomic E-state index is 4.25. The van der Waals surface area contributed by atoms with Crippen molar-refractivity contribution in [3.05, 3.63) is 48.5 Å². The maximum atomic E-state index is 4.25. The molecule has 0 saturated carbocycles. The molecule has 2 rings (SSSR count). The van der Waals surface area contributed by atoms with Crippen molar-refractivity contribution >= 4 is 5.96 Å². The van der Waals surface area contributed by atoms with Crippen molar-refractivity contribution in [2.45, 2.75) is 32.2 Å². The summed E-state index contributed by atoms with van der Waals surface area (Å²) in [5, 5.41) is 14.3. The fourth-order valence-corrected chi connectivity index (χ4v) is 2.33. The lowest BCUT2D eigenvalue weighted by atomic mass is 10.1. The van der Waals surface area contributed by atoms with Gasteiger partial charge in [0.05, 0.1) is 0 Å². The molecule has 2 aromatic rings. The van der Waals surface area contributed by atoms with E-state index >= 15 is 0 Å². The maximum Gasteiger partial charge on any atom is 0.190 e. The molecule has 2 N–H and O–H groups in total. The largest absolute Gasteiger partial charge is 0.356 e. The fraction of sp³-hybridized carbons (Fsp3) is 0.471. The zero-order valence-corrected chi connectivity index (χ0v) is 13.8. The number of aliphatic imine (C=N–C) groups is 1. The first-order valence-corrected chi connectivity index (χ1v) is 8.19. The van der Waals surface area contributed by atoms with Gasteiger partial charge < -0.3 is 15.2 Å². The second-order valence-electron chi connectivity index (χ2n) is 5.42. The summed E-state index contributed by atoms with van der Waals surface area (Å²) in [6, 6.07) is 10.6. The second-order valence-corrected chi connectivity index (χ2v) is 5.42. The topological polar surface area (TPSA) is 67.1 Å². The third-order valence-corrected chi connectivity index (χ3v) is 3.60. The average Bonchev–Trinajstić information content (AvgIpc) is 3.11. The van der Waals surface area contributed by atoms with Crippen molar-refractivity contribution in [3.8, 4) is 0 Å². The number of nitrogens with one attached hydrogen (secondary N) is 2. The van der Waals surface area contributed by atoms with Gasteiger partial charge in [-0.1, -0.05) is 30.3 Å². The van der Waals surface area contributed by atoms with Crippen LogP contribution in [0.2, 0.25) is 0 Å². The van der Waals surface area contributed by atoms with E-state index in [-0.39, 0.29) is 0 Å². The van der Waals surface area contributed by atoms with Crippen LogP contribution in [0.1, 0.15) is 24.8 Å². The molecular formula is C17H26N6. The molecule has 0 aliphatic rings. The van der Waals surface area contributed by atoms with Gasteiger partial charge in [0.15, 0.2) is 5.96 Å². The number of aryl methyl sites for hydroxylation is 2. The molecule has 0 bridgehead atoms. The number of rotatable bonds is 9. The van der Waals surface area contributed by atoms with Crippen LogP contribution in [0, 0.1) is 0 Å². The summed E-state index contributed by atoms with van der Waals surface area (Å²) in [7, 11) is 1.81. The Labute approximate surface area is 138 Å². The van der Waals surface area contributed by atoms with Gasteiger partial charge in [-0.15, -0.1) is 10.2 Å². The zero-order chi connectivity index (χ0) is 16.2. The molecule has 23 heavy (non-hydrogen) atoms. The fourth-order valence-electron chi connectivity index (χ4n) is 2.33. The number of aromatic nitrogens is 3. The molecule has 6 nitrogen and oxygen atoms in total. The molecule has 0 fully saturated rings. The van der Waals surface area contributed by atoms with Crippen molar-refractivity contribution < 1.29 is 0 Å². The van der Waals surface area contributed by atoms with E-state index in [1.54, 1.807) is 12.7 Å². The Hall–Kier alpha value is -2.37. The minimum Gasteiger partial charge on any atom is -0.356 e. The van der Waals surface area contributed by atoms with E-state index < -0.39 is 0 Å². The molecule has 1 aromatic heterocycles. The van der Waals surface area contributed by atoms with E-state index in [9.17, 15) is 0 Å². The highest BCUT2D eigenvalue weighted by Crippen LogP contribution is 2.01. The van der Waals surface area contributed by atoms with Gasteiger partial charge in [0, 0.05) is 26.7 Å². The predicted molar refractivity (Wildman–Crippen MR) is 93.4 cm³/mol. The first-order valence-electron chi connectivity index (χ1n) is 8.19. The molecule has 0 atom stereocenters. The number of guanidine groups is 1. The van der Waals surface area contributed by atoms with Gasteiger partial charge in [0.1, 0.15) is 12.7 Å². The Balaban J connectivity index is 1.51. The van der Waals surface area contributed by atoms with E-state index in [4.69, 9.17) is 0 Å². The van der Waals surface area contributed by atoms with Crippen LogP contribution in [0.25, 0.3) is 0 Å². The van der Waals surface area contributed by atoms with Gasteiger partial charge in [0.25, 0.3) is 0 Å². The molecule has 0 amide bonds.